The van der Waals surface area contributed by atoms with E-state index in [0.717, 1.165) is 17.4 Å². The first kappa shape index (κ1) is 22.9. The number of nitrogens with zero attached hydrogens (tertiary/aromatic N) is 4. The molecule has 33 heavy (non-hydrogen) atoms. The smallest absolute Gasteiger partial charge is 0.270 e. The summed E-state index contributed by atoms with van der Waals surface area (Å²) >= 11 is 0. The van der Waals surface area contributed by atoms with Crippen molar-refractivity contribution in [2.75, 3.05) is 13.1 Å². The maximum absolute atomic E-state index is 13.4. The Morgan fingerprint density at radius 1 is 1.30 bits per heavy atom. The number of alkyl halides is 2. The summed E-state index contributed by atoms with van der Waals surface area (Å²) in [4.78, 5) is 39.7. The van der Waals surface area contributed by atoms with Crippen LogP contribution in [-0.2, 0) is 11.3 Å². The van der Waals surface area contributed by atoms with Gasteiger partial charge in [0.2, 0.25) is 11.8 Å². The second-order valence-corrected chi connectivity index (χ2v) is 9.11. The van der Waals surface area contributed by atoms with Crippen molar-refractivity contribution < 1.29 is 23.5 Å². The van der Waals surface area contributed by atoms with Crippen LogP contribution in [0.5, 0.6) is 5.88 Å². The second kappa shape index (κ2) is 8.60. The molecule has 0 atom stereocenters. The lowest BCUT2D eigenvalue weighted by molar-refractivity contribution is -0.132. The van der Waals surface area contributed by atoms with Crippen molar-refractivity contribution in [3.63, 3.8) is 0 Å². The first-order valence-electron chi connectivity index (χ1n) is 11.1. The number of carbonyl (C=O) groups is 2. The number of halogens is 2. The topological polar surface area (TPSA) is 109 Å². The molecule has 2 fully saturated rings. The van der Waals surface area contributed by atoms with Gasteiger partial charge in [0.05, 0.1) is 6.20 Å². The van der Waals surface area contributed by atoms with Gasteiger partial charge in [0, 0.05) is 50.2 Å². The van der Waals surface area contributed by atoms with Crippen LogP contribution < -0.4 is 10.9 Å². The molecule has 2 aliphatic rings. The van der Waals surface area contributed by atoms with E-state index in [-0.39, 0.29) is 55.6 Å². The quantitative estimate of drug-likeness (QED) is 0.637. The van der Waals surface area contributed by atoms with Crippen molar-refractivity contribution in [3.8, 4) is 5.88 Å². The number of carbonyl (C=O) groups excluding carboxylic acids is 2. The van der Waals surface area contributed by atoms with E-state index in [0.29, 0.717) is 5.56 Å². The molecule has 178 valence electrons. The summed E-state index contributed by atoms with van der Waals surface area (Å²) in [6.07, 6.45) is 4.96. The van der Waals surface area contributed by atoms with Gasteiger partial charge >= 0.3 is 0 Å². The number of rotatable bonds is 6. The molecule has 4 rings (SSSR count). The largest absolute Gasteiger partial charge is 0.492 e. The molecule has 0 unspecified atom stereocenters. The van der Waals surface area contributed by atoms with Gasteiger partial charge < -0.3 is 15.3 Å². The Balaban J connectivity index is 1.69. The minimum atomic E-state index is -2.75. The van der Waals surface area contributed by atoms with E-state index in [1.54, 1.807) is 0 Å². The highest BCUT2D eigenvalue weighted by molar-refractivity contribution is 5.97. The minimum absolute atomic E-state index is 0.00223. The van der Waals surface area contributed by atoms with Crippen LogP contribution in [0.4, 0.5) is 8.78 Å². The van der Waals surface area contributed by atoms with Crippen molar-refractivity contribution in [3.05, 3.63) is 33.8 Å². The van der Waals surface area contributed by atoms with Crippen LogP contribution in [0.3, 0.4) is 0 Å². The van der Waals surface area contributed by atoms with Gasteiger partial charge in [-0.05, 0) is 24.8 Å². The number of hydrogen-bond donors (Lipinski definition) is 2. The third kappa shape index (κ3) is 4.76. The molecule has 1 aliphatic carbocycles. The predicted octanol–water partition coefficient (Wildman–Crippen LogP) is 2.02. The Morgan fingerprint density at radius 2 is 1.97 bits per heavy atom. The molecule has 2 aromatic heterocycles. The zero-order valence-electron chi connectivity index (χ0n) is 18.6. The molecule has 0 bridgehead atoms. The normalized spacial score (nSPS) is 18.4. The number of aromatic nitrogens is 3. The van der Waals surface area contributed by atoms with E-state index in [2.05, 4.69) is 10.4 Å². The number of fused-ring (bicyclic) bond motifs is 1. The van der Waals surface area contributed by atoms with Gasteiger partial charge in [0.25, 0.3) is 17.4 Å². The number of piperidine rings is 1. The summed E-state index contributed by atoms with van der Waals surface area (Å²) in [7, 11) is 0. The SMILES string of the molecule is CC(C)Cn1c(=O)c(C(=O)NC2CC2)c(O)n2ncc(C=CC(=O)N3CCC(F)(F)CC3)c12. The van der Waals surface area contributed by atoms with Crippen LogP contribution in [0.1, 0.15) is 55.5 Å². The van der Waals surface area contributed by atoms with Crippen molar-refractivity contribution in [1.82, 2.24) is 24.4 Å². The minimum Gasteiger partial charge on any atom is -0.492 e. The lowest BCUT2D eigenvalue weighted by Gasteiger charge is -2.30. The van der Waals surface area contributed by atoms with Crippen molar-refractivity contribution in [2.45, 2.75) is 58.0 Å². The molecule has 0 spiro atoms. The zero-order valence-corrected chi connectivity index (χ0v) is 18.6. The average Bonchev–Trinajstić information content (AvgIpc) is 3.44. The molecule has 2 amide bonds. The van der Waals surface area contributed by atoms with Gasteiger partial charge in [-0.25, -0.2) is 8.78 Å². The Kier molecular flexibility index (Phi) is 5.98. The molecular weight excluding hydrogens is 436 g/mol. The van der Waals surface area contributed by atoms with Gasteiger partial charge in [0.15, 0.2) is 5.56 Å². The highest BCUT2D eigenvalue weighted by Gasteiger charge is 2.35. The molecule has 0 radical (unpaired) electrons. The number of amides is 2. The molecule has 1 saturated carbocycles. The number of likely N-dealkylation sites (tertiary alicyclic amines) is 1. The van der Waals surface area contributed by atoms with E-state index < -0.39 is 29.2 Å². The van der Waals surface area contributed by atoms with E-state index in [1.807, 2.05) is 13.8 Å². The fourth-order valence-corrected chi connectivity index (χ4v) is 3.87. The molecule has 11 heteroatoms. The van der Waals surface area contributed by atoms with Crippen LogP contribution >= 0.6 is 0 Å². The Bertz CT molecular complexity index is 1170. The Hall–Kier alpha value is -3.24. The lowest BCUT2D eigenvalue weighted by atomic mass is 10.1. The van der Waals surface area contributed by atoms with Crippen LogP contribution in [0.15, 0.2) is 17.1 Å². The first-order valence-corrected chi connectivity index (χ1v) is 11.1. The fraction of sp³-hybridized carbons (Fsp3) is 0.545. The van der Waals surface area contributed by atoms with Crippen LogP contribution in [0.25, 0.3) is 11.7 Å². The third-order valence-corrected chi connectivity index (χ3v) is 5.81. The molecule has 3 heterocycles. The zero-order chi connectivity index (χ0) is 23.9. The summed E-state index contributed by atoms with van der Waals surface area (Å²) in [6.45, 7) is 3.99. The van der Waals surface area contributed by atoms with E-state index in [9.17, 15) is 28.3 Å². The van der Waals surface area contributed by atoms with Gasteiger partial charge in [-0.3, -0.25) is 19.0 Å². The molecule has 9 nitrogen and oxygen atoms in total. The lowest BCUT2D eigenvalue weighted by Crippen LogP contribution is -2.42. The highest BCUT2D eigenvalue weighted by Crippen LogP contribution is 2.28. The van der Waals surface area contributed by atoms with E-state index in [4.69, 9.17) is 0 Å². The highest BCUT2D eigenvalue weighted by atomic mass is 19.3. The van der Waals surface area contributed by atoms with Crippen LogP contribution in [-0.4, -0.2) is 61.1 Å². The Morgan fingerprint density at radius 3 is 2.58 bits per heavy atom. The van der Waals surface area contributed by atoms with Crippen molar-refractivity contribution in [2.24, 2.45) is 5.92 Å². The summed E-state index contributed by atoms with van der Waals surface area (Å²) in [5.41, 5.74) is -0.401. The molecule has 1 saturated heterocycles. The fourth-order valence-electron chi connectivity index (χ4n) is 3.87. The average molecular weight is 463 g/mol. The van der Waals surface area contributed by atoms with Crippen LogP contribution in [0, 0.1) is 5.92 Å². The summed E-state index contributed by atoms with van der Waals surface area (Å²) in [5.74, 6) is -4.36. The third-order valence-electron chi connectivity index (χ3n) is 5.81. The van der Waals surface area contributed by atoms with Gasteiger partial charge in [-0.2, -0.15) is 9.61 Å². The Labute approximate surface area is 188 Å². The van der Waals surface area contributed by atoms with Gasteiger partial charge in [-0.1, -0.05) is 13.8 Å². The molecule has 1 aliphatic heterocycles. The van der Waals surface area contributed by atoms with Crippen molar-refractivity contribution >= 4 is 23.5 Å². The number of aromatic hydroxyl groups is 1. The van der Waals surface area contributed by atoms with Crippen LogP contribution in [0.2, 0.25) is 0 Å². The maximum atomic E-state index is 13.4. The van der Waals surface area contributed by atoms with Gasteiger partial charge in [0.1, 0.15) is 5.65 Å². The molecule has 0 aromatic carbocycles. The van der Waals surface area contributed by atoms with E-state index >= 15 is 0 Å². The standard InChI is InChI=1S/C22H27F2N5O4/c1-13(2)12-28-19-14(3-6-16(30)27-9-7-22(23,24)8-10-27)11-25-29(19)21(33)17(20(28)32)18(31)26-15-4-5-15/h3,6,11,13,15,33H,4-5,7-10,12H2,1-2H3,(H,26,31). The second-order valence-electron chi connectivity index (χ2n) is 9.11. The van der Waals surface area contributed by atoms with Gasteiger partial charge in [-0.15, -0.1) is 0 Å². The van der Waals surface area contributed by atoms with E-state index in [1.165, 1.54) is 27.8 Å². The molecule has 2 N–H and O–H groups in total. The number of nitrogens with one attached hydrogen (secondary N) is 1. The maximum Gasteiger partial charge on any atom is 0.270 e. The summed E-state index contributed by atoms with van der Waals surface area (Å²) < 4.78 is 29.2. The summed E-state index contributed by atoms with van der Waals surface area (Å²) in [5, 5.41) is 17.5. The monoisotopic (exact) mass is 463 g/mol. The number of hydrogen-bond acceptors (Lipinski definition) is 5. The molecule has 2 aromatic rings. The summed E-state index contributed by atoms with van der Waals surface area (Å²) in [6, 6.07) is 0.00223. The predicted molar refractivity (Wildman–Crippen MR) is 116 cm³/mol. The first-order chi connectivity index (χ1) is 15.6. The van der Waals surface area contributed by atoms with Crippen molar-refractivity contribution in [1.29, 1.82) is 0 Å². The molecular formula is C22H27F2N5O4.